The highest BCUT2D eigenvalue weighted by molar-refractivity contribution is 6.44. The Morgan fingerprint density at radius 3 is 2.23 bits per heavy atom. The number of imide groups is 2. The van der Waals surface area contributed by atoms with E-state index in [0.717, 1.165) is 39.8 Å². The summed E-state index contributed by atoms with van der Waals surface area (Å²) in [5.74, 6) is -1.46. The third kappa shape index (κ3) is 2.99. The van der Waals surface area contributed by atoms with Gasteiger partial charge in [-0.2, -0.15) is 0 Å². The highest BCUT2D eigenvalue weighted by Crippen LogP contribution is 2.16. The van der Waals surface area contributed by atoms with E-state index in [9.17, 15) is 14.4 Å². The van der Waals surface area contributed by atoms with Crippen LogP contribution in [0, 0.1) is 0 Å². The summed E-state index contributed by atoms with van der Waals surface area (Å²) in [6, 6.07) is 16.9. The molecule has 0 aliphatic carbocycles. The minimum absolute atomic E-state index is 0.124. The molecule has 26 heavy (non-hydrogen) atoms. The van der Waals surface area contributed by atoms with Crippen molar-refractivity contribution in [2.45, 2.75) is 19.5 Å². The van der Waals surface area contributed by atoms with Crippen molar-refractivity contribution in [1.29, 1.82) is 0 Å². The number of carbonyl (C=O) groups is 3. The normalized spacial score (nSPS) is 19.8. The summed E-state index contributed by atoms with van der Waals surface area (Å²) < 4.78 is 0. The van der Waals surface area contributed by atoms with Crippen molar-refractivity contribution >= 4 is 17.8 Å². The van der Waals surface area contributed by atoms with Gasteiger partial charge in [0.05, 0.1) is 13.1 Å². The van der Waals surface area contributed by atoms with Crippen molar-refractivity contribution in [1.82, 2.24) is 9.80 Å². The fraction of sp³-hybridized carbons (Fsp3) is 0.250. The van der Waals surface area contributed by atoms with Gasteiger partial charge in [0.2, 0.25) is 0 Å². The molecule has 2 aromatic rings. The smallest absolute Gasteiger partial charge is 0.313 e. The Morgan fingerprint density at radius 2 is 1.46 bits per heavy atom. The van der Waals surface area contributed by atoms with Gasteiger partial charge in [-0.05, 0) is 11.1 Å². The van der Waals surface area contributed by atoms with Gasteiger partial charge in [-0.15, -0.1) is 0 Å². The van der Waals surface area contributed by atoms with Crippen molar-refractivity contribution in [2.24, 2.45) is 0 Å². The number of hydrogen-bond donors (Lipinski definition) is 1. The predicted octanol–water partition coefficient (Wildman–Crippen LogP) is 0.576. The first kappa shape index (κ1) is 16.5. The van der Waals surface area contributed by atoms with Crippen molar-refractivity contribution in [3.63, 3.8) is 0 Å². The minimum atomic E-state index is -0.740. The SMILES string of the molecule is O=C1C(=O)N(C[NH+]2CCc3ccccc3C2)C(=O)N1Cc1ccccc1. The first-order valence-corrected chi connectivity index (χ1v) is 8.75. The molecule has 2 heterocycles. The predicted molar refractivity (Wildman–Crippen MR) is 93.8 cm³/mol. The van der Waals surface area contributed by atoms with Crippen LogP contribution in [0.1, 0.15) is 16.7 Å². The van der Waals surface area contributed by atoms with E-state index in [1.807, 2.05) is 42.5 Å². The number of rotatable bonds is 4. The van der Waals surface area contributed by atoms with Gasteiger partial charge in [-0.1, -0.05) is 54.6 Å². The number of quaternary nitrogens is 1. The molecule has 0 saturated carbocycles. The van der Waals surface area contributed by atoms with E-state index in [2.05, 4.69) is 12.1 Å². The molecule has 1 N–H and O–H groups in total. The van der Waals surface area contributed by atoms with Crippen LogP contribution in [-0.2, 0) is 29.1 Å². The van der Waals surface area contributed by atoms with E-state index in [0.29, 0.717) is 0 Å². The fourth-order valence-electron chi connectivity index (χ4n) is 3.60. The van der Waals surface area contributed by atoms with Gasteiger partial charge in [0, 0.05) is 12.0 Å². The monoisotopic (exact) mass is 350 g/mol. The van der Waals surface area contributed by atoms with Crippen LogP contribution in [0.2, 0.25) is 0 Å². The molecule has 2 aromatic carbocycles. The largest absolute Gasteiger partial charge is 0.339 e. The summed E-state index contributed by atoms with van der Waals surface area (Å²) in [7, 11) is 0. The molecule has 6 nitrogen and oxygen atoms in total. The standard InChI is InChI=1S/C20H19N3O3/c24-18-19(25)23(20(26)22(18)12-15-6-2-1-3-7-15)14-21-11-10-16-8-4-5-9-17(16)13-21/h1-9H,10-14H2/p+1. The Labute approximate surface area is 151 Å². The number of benzene rings is 2. The van der Waals surface area contributed by atoms with Crippen LogP contribution in [0.4, 0.5) is 4.79 Å². The molecule has 0 bridgehead atoms. The second kappa shape index (κ2) is 6.72. The summed E-state index contributed by atoms with van der Waals surface area (Å²) in [6.45, 7) is 1.93. The van der Waals surface area contributed by atoms with Gasteiger partial charge in [0.15, 0.2) is 6.67 Å². The van der Waals surface area contributed by atoms with Gasteiger partial charge in [-0.25, -0.2) is 9.69 Å². The van der Waals surface area contributed by atoms with Gasteiger partial charge in [0.25, 0.3) is 0 Å². The van der Waals surface area contributed by atoms with E-state index >= 15 is 0 Å². The molecular weight excluding hydrogens is 330 g/mol. The van der Waals surface area contributed by atoms with Crippen LogP contribution >= 0.6 is 0 Å². The lowest BCUT2D eigenvalue weighted by Gasteiger charge is -2.28. The van der Waals surface area contributed by atoms with Crippen LogP contribution in [0.25, 0.3) is 0 Å². The summed E-state index contributed by atoms with van der Waals surface area (Å²) >= 11 is 0. The topological polar surface area (TPSA) is 62.1 Å². The number of fused-ring (bicyclic) bond motifs is 1. The Balaban J connectivity index is 1.47. The summed E-state index contributed by atoms with van der Waals surface area (Å²) in [4.78, 5) is 40.5. The van der Waals surface area contributed by atoms with Gasteiger partial charge in [0.1, 0.15) is 6.54 Å². The Kier molecular flexibility index (Phi) is 4.26. The van der Waals surface area contributed by atoms with Crippen molar-refractivity contribution in [3.8, 4) is 0 Å². The van der Waals surface area contributed by atoms with Crippen molar-refractivity contribution in [2.75, 3.05) is 13.2 Å². The molecule has 6 heteroatoms. The number of carbonyl (C=O) groups excluding carboxylic acids is 3. The Bertz CT molecular complexity index is 866. The van der Waals surface area contributed by atoms with Gasteiger partial charge < -0.3 is 4.90 Å². The van der Waals surface area contributed by atoms with Crippen LogP contribution in [0.5, 0.6) is 0 Å². The molecule has 132 valence electrons. The van der Waals surface area contributed by atoms with Crippen LogP contribution < -0.4 is 4.90 Å². The molecule has 1 fully saturated rings. The lowest BCUT2D eigenvalue weighted by molar-refractivity contribution is -0.923. The molecule has 0 aromatic heterocycles. The number of hydrogen-bond acceptors (Lipinski definition) is 3. The Morgan fingerprint density at radius 1 is 0.808 bits per heavy atom. The maximum atomic E-state index is 12.6. The molecule has 1 unspecified atom stereocenters. The van der Waals surface area contributed by atoms with Crippen LogP contribution in [0.3, 0.4) is 0 Å². The molecule has 2 aliphatic heterocycles. The van der Waals surface area contributed by atoms with E-state index < -0.39 is 17.8 Å². The summed E-state index contributed by atoms with van der Waals surface area (Å²) in [6.07, 6.45) is 0.906. The highest BCUT2D eigenvalue weighted by Gasteiger charge is 2.46. The molecule has 1 saturated heterocycles. The zero-order valence-corrected chi connectivity index (χ0v) is 14.4. The third-order valence-corrected chi connectivity index (χ3v) is 5.01. The zero-order chi connectivity index (χ0) is 18.1. The maximum Gasteiger partial charge on any atom is 0.339 e. The van der Waals surface area contributed by atoms with E-state index in [4.69, 9.17) is 0 Å². The average Bonchev–Trinajstić information content (AvgIpc) is 2.87. The third-order valence-electron chi connectivity index (χ3n) is 5.01. The molecular formula is C20H20N3O3+. The van der Waals surface area contributed by atoms with Crippen molar-refractivity contribution < 1.29 is 19.3 Å². The fourth-order valence-corrected chi connectivity index (χ4v) is 3.60. The van der Waals surface area contributed by atoms with E-state index in [1.54, 1.807) is 0 Å². The molecule has 0 radical (unpaired) electrons. The van der Waals surface area contributed by atoms with Gasteiger partial charge in [-0.3, -0.25) is 14.5 Å². The van der Waals surface area contributed by atoms with Crippen LogP contribution in [-0.4, -0.2) is 40.9 Å². The van der Waals surface area contributed by atoms with E-state index in [-0.39, 0.29) is 13.2 Å². The molecule has 4 amide bonds. The number of nitrogens with zero attached hydrogens (tertiary/aromatic N) is 2. The zero-order valence-electron chi connectivity index (χ0n) is 14.4. The molecule has 0 spiro atoms. The van der Waals surface area contributed by atoms with Gasteiger partial charge >= 0.3 is 17.8 Å². The number of nitrogens with one attached hydrogen (secondary N) is 1. The molecule has 4 rings (SSSR count). The van der Waals surface area contributed by atoms with Crippen LogP contribution in [0.15, 0.2) is 54.6 Å². The first-order chi connectivity index (χ1) is 12.6. The van der Waals surface area contributed by atoms with Crippen molar-refractivity contribution in [3.05, 3.63) is 71.3 Å². The summed E-state index contributed by atoms with van der Waals surface area (Å²) in [5, 5.41) is 0. The molecule has 2 aliphatic rings. The van der Waals surface area contributed by atoms with E-state index in [1.165, 1.54) is 11.1 Å². The second-order valence-corrected chi connectivity index (χ2v) is 6.75. The number of amides is 4. The quantitative estimate of drug-likeness (QED) is 0.648. The maximum absolute atomic E-state index is 12.6. The average molecular weight is 350 g/mol. The highest BCUT2D eigenvalue weighted by atomic mass is 16.2. The number of urea groups is 1. The first-order valence-electron chi connectivity index (χ1n) is 8.75. The molecule has 1 atom stereocenters. The lowest BCUT2D eigenvalue weighted by Crippen LogP contribution is -3.13. The minimum Gasteiger partial charge on any atom is -0.313 e. The summed E-state index contributed by atoms with van der Waals surface area (Å²) in [5.41, 5.74) is 3.38. The lowest BCUT2D eigenvalue weighted by atomic mass is 10.0. The Hall–Kier alpha value is -2.99. The second-order valence-electron chi connectivity index (χ2n) is 6.75.